The lowest BCUT2D eigenvalue weighted by molar-refractivity contribution is -0.130. The van der Waals surface area contributed by atoms with E-state index in [0.29, 0.717) is 0 Å². The first kappa shape index (κ1) is 13.0. The summed E-state index contributed by atoms with van der Waals surface area (Å²) in [5.74, 6) is 0.0466. The monoisotopic (exact) mass is 248 g/mol. The molecule has 0 aromatic carbocycles. The Balaban J connectivity index is 1.54. The highest BCUT2D eigenvalue weighted by atomic mass is 16.5. The molecular weight excluding hydrogens is 228 g/mol. The van der Waals surface area contributed by atoms with E-state index in [1.807, 2.05) is 24.4 Å². The van der Waals surface area contributed by atoms with Gasteiger partial charge in [0.05, 0.1) is 0 Å². The number of ether oxygens (including phenoxy) is 1. The second-order valence-electron chi connectivity index (χ2n) is 4.57. The molecule has 98 valence electrons. The second-order valence-corrected chi connectivity index (χ2v) is 4.57. The molecule has 4 nitrogen and oxygen atoms in total. The fraction of sp³-hybridized carbons (Fsp3) is 0.571. The average Bonchev–Trinajstić information content (AvgIpc) is 2.93. The first-order valence-corrected chi connectivity index (χ1v) is 6.65. The number of hydrogen-bond donors (Lipinski definition) is 1. The molecule has 1 aromatic rings. The molecule has 2 heterocycles. The van der Waals surface area contributed by atoms with Gasteiger partial charge in [-0.3, -0.25) is 9.78 Å². The molecule has 1 aliphatic heterocycles. The molecule has 1 fully saturated rings. The first-order valence-electron chi connectivity index (χ1n) is 6.65. The summed E-state index contributed by atoms with van der Waals surface area (Å²) in [7, 11) is 0. The Morgan fingerprint density at radius 1 is 1.44 bits per heavy atom. The summed E-state index contributed by atoms with van der Waals surface area (Å²) >= 11 is 0. The molecule has 4 heteroatoms. The number of rotatable bonds is 6. The maximum Gasteiger partial charge on any atom is 0.249 e. The van der Waals surface area contributed by atoms with Crippen LogP contribution in [-0.2, 0) is 16.0 Å². The molecule has 1 N–H and O–H groups in total. The van der Waals surface area contributed by atoms with Crippen molar-refractivity contribution in [3.05, 3.63) is 30.1 Å². The number of pyridine rings is 1. The third-order valence-corrected chi connectivity index (χ3v) is 3.11. The largest absolute Gasteiger partial charge is 0.368 e. The molecular formula is C14H20N2O2. The van der Waals surface area contributed by atoms with Crippen LogP contribution in [0.2, 0.25) is 0 Å². The molecule has 0 aliphatic carbocycles. The van der Waals surface area contributed by atoms with Gasteiger partial charge in [-0.2, -0.15) is 0 Å². The van der Waals surface area contributed by atoms with Crippen LogP contribution in [0.3, 0.4) is 0 Å². The summed E-state index contributed by atoms with van der Waals surface area (Å²) in [5, 5.41) is 2.93. The van der Waals surface area contributed by atoms with Crippen LogP contribution in [0.1, 0.15) is 31.4 Å². The third-order valence-electron chi connectivity index (χ3n) is 3.11. The van der Waals surface area contributed by atoms with E-state index in [-0.39, 0.29) is 12.0 Å². The van der Waals surface area contributed by atoms with Crippen molar-refractivity contribution in [3.63, 3.8) is 0 Å². The van der Waals surface area contributed by atoms with Gasteiger partial charge in [0.25, 0.3) is 0 Å². The highest BCUT2D eigenvalue weighted by molar-refractivity contribution is 5.80. The molecule has 0 unspecified atom stereocenters. The predicted molar refractivity (Wildman–Crippen MR) is 69.2 cm³/mol. The van der Waals surface area contributed by atoms with E-state index in [0.717, 1.165) is 50.9 Å². The van der Waals surface area contributed by atoms with Crippen LogP contribution in [0, 0.1) is 0 Å². The van der Waals surface area contributed by atoms with E-state index < -0.39 is 0 Å². The van der Waals surface area contributed by atoms with E-state index in [2.05, 4.69) is 10.3 Å². The molecule has 1 aliphatic rings. The minimum Gasteiger partial charge on any atom is -0.368 e. The molecule has 2 rings (SSSR count). The molecule has 0 spiro atoms. The molecule has 18 heavy (non-hydrogen) atoms. The third kappa shape index (κ3) is 4.11. The lowest BCUT2D eigenvalue weighted by Gasteiger charge is -2.09. The summed E-state index contributed by atoms with van der Waals surface area (Å²) < 4.78 is 5.32. The predicted octanol–water partition coefficient (Wildman–Crippen LogP) is 1.70. The quantitative estimate of drug-likeness (QED) is 0.780. The summed E-state index contributed by atoms with van der Waals surface area (Å²) in [6.45, 7) is 1.45. The van der Waals surface area contributed by atoms with E-state index in [9.17, 15) is 4.79 Å². The number of hydrogen-bond acceptors (Lipinski definition) is 3. The number of carbonyl (C=O) groups is 1. The van der Waals surface area contributed by atoms with Crippen LogP contribution in [-0.4, -0.2) is 30.1 Å². The number of amides is 1. The Bertz CT molecular complexity index is 361. The molecule has 1 aromatic heterocycles. The number of carbonyl (C=O) groups excluding carboxylic acids is 1. The van der Waals surface area contributed by atoms with E-state index in [4.69, 9.17) is 4.74 Å². The Labute approximate surface area is 108 Å². The standard InChI is InChI=1S/C14H20N2O2/c17-14(13-8-5-11-18-13)16-10-4-2-7-12-6-1-3-9-15-12/h1,3,6,9,13H,2,4-5,7-8,10-11H2,(H,16,17)/t13-/m0/s1. The SMILES string of the molecule is O=C(NCCCCc1ccccn1)[C@@H]1CCCO1. The number of nitrogens with zero attached hydrogens (tertiary/aromatic N) is 1. The number of nitrogens with one attached hydrogen (secondary N) is 1. The van der Waals surface area contributed by atoms with E-state index in [1.54, 1.807) is 0 Å². The summed E-state index contributed by atoms with van der Waals surface area (Å²) in [5.41, 5.74) is 1.11. The van der Waals surface area contributed by atoms with Gasteiger partial charge >= 0.3 is 0 Å². The summed E-state index contributed by atoms with van der Waals surface area (Å²) in [6, 6.07) is 5.96. The maximum atomic E-state index is 11.6. The van der Waals surface area contributed by atoms with Crippen molar-refractivity contribution in [2.75, 3.05) is 13.2 Å². The smallest absolute Gasteiger partial charge is 0.249 e. The van der Waals surface area contributed by atoms with Crippen molar-refractivity contribution >= 4 is 5.91 Å². The highest BCUT2D eigenvalue weighted by Crippen LogP contribution is 2.11. The van der Waals surface area contributed by atoms with Crippen molar-refractivity contribution in [3.8, 4) is 0 Å². The Morgan fingerprint density at radius 2 is 2.39 bits per heavy atom. The van der Waals surface area contributed by atoms with Gasteiger partial charge in [0.15, 0.2) is 0 Å². The summed E-state index contributed by atoms with van der Waals surface area (Å²) in [4.78, 5) is 15.9. The van der Waals surface area contributed by atoms with Crippen LogP contribution in [0.4, 0.5) is 0 Å². The normalized spacial score (nSPS) is 18.8. The molecule has 1 atom stereocenters. The zero-order valence-electron chi connectivity index (χ0n) is 10.6. The minimum absolute atomic E-state index is 0.0466. The zero-order chi connectivity index (χ0) is 12.6. The molecule has 1 amide bonds. The molecule has 1 saturated heterocycles. The second kappa shape index (κ2) is 7.11. The fourth-order valence-corrected chi connectivity index (χ4v) is 2.09. The Kier molecular flexibility index (Phi) is 5.15. The van der Waals surface area contributed by atoms with Gasteiger partial charge < -0.3 is 10.1 Å². The molecule has 0 bridgehead atoms. The van der Waals surface area contributed by atoms with E-state index >= 15 is 0 Å². The topological polar surface area (TPSA) is 51.2 Å². The first-order chi connectivity index (χ1) is 8.86. The van der Waals surface area contributed by atoms with Crippen molar-refractivity contribution in [1.29, 1.82) is 0 Å². The van der Waals surface area contributed by atoms with Gasteiger partial charge in [-0.25, -0.2) is 0 Å². The van der Waals surface area contributed by atoms with Gasteiger partial charge in [-0.15, -0.1) is 0 Å². The van der Waals surface area contributed by atoms with Gasteiger partial charge in [0.1, 0.15) is 6.10 Å². The summed E-state index contributed by atoms with van der Waals surface area (Å²) in [6.07, 6.45) is 6.46. The van der Waals surface area contributed by atoms with Crippen molar-refractivity contribution in [2.45, 2.75) is 38.2 Å². The van der Waals surface area contributed by atoms with Gasteiger partial charge in [0.2, 0.25) is 5.91 Å². The number of aryl methyl sites for hydroxylation is 1. The van der Waals surface area contributed by atoms with Crippen LogP contribution < -0.4 is 5.32 Å². The van der Waals surface area contributed by atoms with Crippen LogP contribution in [0.15, 0.2) is 24.4 Å². The minimum atomic E-state index is -0.208. The van der Waals surface area contributed by atoms with Gasteiger partial charge in [0, 0.05) is 25.0 Å². The lowest BCUT2D eigenvalue weighted by Crippen LogP contribution is -2.34. The van der Waals surface area contributed by atoms with Gasteiger partial charge in [-0.1, -0.05) is 6.07 Å². The van der Waals surface area contributed by atoms with Crippen molar-refractivity contribution in [1.82, 2.24) is 10.3 Å². The Morgan fingerprint density at radius 3 is 3.11 bits per heavy atom. The molecule has 0 radical (unpaired) electrons. The van der Waals surface area contributed by atoms with Crippen LogP contribution >= 0.6 is 0 Å². The number of unbranched alkanes of at least 4 members (excludes halogenated alkanes) is 1. The van der Waals surface area contributed by atoms with E-state index in [1.165, 1.54) is 0 Å². The number of aromatic nitrogens is 1. The zero-order valence-corrected chi connectivity index (χ0v) is 10.6. The lowest BCUT2D eigenvalue weighted by atomic mass is 10.1. The van der Waals surface area contributed by atoms with Crippen molar-refractivity contribution in [2.24, 2.45) is 0 Å². The average molecular weight is 248 g/mol. The van der Waals surface area contributed by atoms with Gasteiger partial charge in [-0.05, 0) is 44.2 Å². The fourth-order valence-electron chi connectivity index (χ4n) is 2.09. The van der Waals surface area contributed by atoms with Crippen molar-refractivity contribution < 1.29 is 9.53 Å². The highest BCUT2D eigenvalue weighted by Gasteiger charge is 2.22. The maximum absolute atomic E-state index is 11.6. The van der Waals surface area contributed by atoms with Crippen LogP contribution in [0.5, 0.6) is 0 Å². The Hall–Kier alpha value is -1.42. The van der Waals surface area contributed by atoms with Crippen LogP contribution in [0.25, 0.3) is 0 Å². The molecule has 0 saturated carbocycles.